The molecule has 0 saturated carbocycles. The first kappa shape index (κ1) is 14.0. The lowest BCUT2D eigenvalue weighted by atomic mass is 9.99. The van der Waals surface area contributed by atoms with E-state index in [4.69, 9.17) is 4.74 Å². The van der Waals surface area contributed by atoms with Crippen molar-refractivity contribution in [2.24, 2.45) is 17.8 Å². The minimum absolute atomic E-state index is 0.351. The molecule has 0 aromatic heterocycles. The van der Waals surface area contributed by atoms with Gasteiger partial charge in [0.05, 0.1) is 6.10 Å². The van der Waals surface area contributed by atoms with Gasteiger partial charge in [0.25, 0.3) is 0 Å². The third-order valence-electron chi connectivity index (χ3n) is 3.46. The number of epoxide rings is 1. The first-order valence-corrected chi connectivity index (χ1v) is 6.91. The Bertz CT molecular complexity index is 193. The van der Waals surface area contributed by atoms with Gasteiger partial charge in [-0.25, -0.2) is 0 Å². The summed E-state index contributed by atoms with van der Waals surface area (Å²) in [6.07, 6.45) is 4.61. The summed E-state index contributed by atoms with van der Waals surface area (Å²) in [5.41, 5.74) is 0. The van der Waals surface area contributed by atoms with Gasteiger partial charge < -0.3 is 4.74 Å². The first-order chi connectivity index (χ1) is 7.52. The quantitative estimate of drug-likeness (QED) is 0.643. The maximum atomic E-state index is 5.63. The maximum absolute atomic E-state index is 5.63. The van der Waals surface area contributed by atoms with Crippen LogP contribution in [0.1, 0.15) is 53.9 Å². The van der Waals surface area contributed by atoms with Crippen LogP contribution in [0.25, 0.3) is 0 Å². The van der Waals surface area contributed by atoms with Gasteiger partial charge in [-0.1, -0.05) is 41.0 Å². The van der Waals surface area contributed by atoms with Gasteiger partial charge in [0.1, 0.15) is 6.23 Å². The second-order valence-electron chi connectivity index (χ2n) is 5.99. The molecule has 0 spiro atoms. The summed E-state index contributed by atoms with van der Waals surface area (Å²) in [5.74, 6) is 2.35. The van der Waals surface area contributed by atoms with Crippen molar-refractivity contribution < 1.29 is 4.74 Å². The average Bonchev–Trinajstić information content (AvgIpc) is 2.92. The Labute approximate surface area is 101 Å². The third kappa shape index (κ3) is 5.31. The van der Waals surface area contributed by atoms with Crippen LogP contribution in [-0.4, -0.2) is 18.9 Å². The van der Waals surface area contributed by atoms with Gasteiger partial charge in [0.15, 0.2) is 0 Å². The predicted octanol–water partition coefficient (Wildman–Crippen LogP) is 3.42. The Morgan fingerprint density at radius 2 is 1.81 bits per heavy atom. The highest BCUT2D eigenvalue weighted by molar-refractivity contribution is 4.84. The number of ether oxygens (including phenoxy) is 1. The lowest BCUT2D eigenvalue weighted by molar-refractivity contribution is 0.311. The third-order valence-corrected chi connectivity index (χ3v) is 3.46. The average molecular weight is 227 g/mol. The Hall–Kier alpha value is -0.0800. The van der Waals surface area contributed by atoms with Crippen LogP contribution in [0.5, 0.6) is 0 Å². The van der Waals surface area contributed by atoms with E-state index in [2.05, 4.69) is 39.9 Å². The van der Waals surface area contributed by atoms with Crippen molar-refractivity contribution >= 4 is 0 Å². The van der Waals surface area contributed by atoms with Crippen molar-refractivity contribution in [1.82, 2.24) is 5.32 Å². The Kier molecular flexibility index (Phi) is 5.77. The molecule has 1 fully saturated rings. The fraction of sp³-hybridized carbons (Fsp3) is 1.00. The van der Waals surface area contributed by atoms with Crippen molar-refractivity contribution in [3.8, 4) is 0 Å². The summed E-state index contributed by atoms with van der Waals surface area (Å²) in [5, 5.41) is 3.52. The molecular weight excluding hydrogens is 198 g/mol. The lowest BCUT2D eigenvalue weighted by Gasteiger charge is -2.13. The van der Waals surface area contributed by atoms with Crippen molar-refractivity contribution in [1.29, 1.82) is 0 Å². The number of hydrogen-bond acceptors (Lipinski definition) is 2. The lowest BCUT2D eigenvalue weighted by Crippen LogP contribution is -2.26. The molecule has 16 heavy (non-hydrogen) atoms. The van der Waals surface area contributed by atoms with Gasteiger partial charge in [0, 0.05) is 6.54 Å². The number of nitrogens with one attached hydrogen (secondary N) is 1. The largest absolute Gasteiger partial charge is 0.353 e. The molecule has 0 aliphatic carbocycles. The van der Waals surface area contributed by atoms with E-state index in [1.165, 1.54) is 19.3 Å². The zero-order valence-electron chi connectivity index (χ0n) is 11.6. The summed E-state index contributed by atoms with van der Waals surface area (Å²) in [4.78, 5) is 0. The molecule has 1 aliphatic rings. The molecule has 4 atom stereocenters. The Balaban J connectivity index is 2.04. The molecule has 1 saturated heterocycles. The maximum Gasteiger partial charge on any atom is 0.135 e. The van der Waals surface area contributed by atoms with E-state index in [1.807, 2.05) is 0 Å². The molecule has 0 bridgehead atoms. The molecule has 1 heterocycles. The van der Waals surface area contributed by atoms with Crippen molar-refractivity contribution in [2.75, 3.05) is 6.54 Å². The van der Waals surface area contributed by atoms with Crippen LogP contribution in [0.2, 0.25) is 0 Å². The summed E-state index contributed by atoms with van der Waals surface area (Å²) >= 11 is 0. The normalized spacial score (nSPS) is 28.1. The van der Waals surface area contributed by atoms with Crippen molar-refractivity contribution in [2.45, 2.75) is 66.2 Å². The van der Waals surface area contributed by atoms with E-state index in [0.717, 1.165) is 24.3 Å². The predicted molar refractivity (Wildman–Crippen MR) is 69.4 cm³/mol. The Morgan fingerprint density at radius 1 is 1.12 bits per heavy atom. The second-order valence-corrected chi connectivity index (χ2v) is 5.99. The molecule has 0 radical (unpaired) electrons. The van der Waals surface area contributed by atoms with E-state index in [9.17, 15) is 0 Å². The highest BCUT2D eigenvalue weighted by Crippen LogP contribution is 2.27. The van der Waals surface area contributed by atoms with Crippen LogP contribution in [0.3, 0.4) is 0 Å². The van der Waals surface area contributed by atoms with Gasteiger partial charge in [-0.2, -0.15) is 0 Å². The summed E-state index contributed by atoms with van der Waals surface area (Å²) < 4.78 is 5.63. The van der Waals surface area contributed by atoms with E-state index in [-0.39, 0.29) is 0 Å². The van der Waals surface area contributed by atoms with Crippen LogP contribution in [-0.2, 0) is 4.74 Å². The Morgan fingerprint density at radius 3 is 2.38 bits per heavy atom. The molecule has 0 aromatic rings. The molecule has 1 aliphatic heterocycles. The van der Waals surface area contributed by atoms with Gasteiger partial charge in [-0.05, 0) is 30.6 Å². The first-order valence-electron chi connectivity index (χ1n) is 6.91. The summed E-state index contributed by atoms with van der Waals surface area (Å²) in [6.45, 7) is 12.5. The minimum Gasteiger partial charge on any atom is -0.353 e. The molecule has 96 valence electrons. The molecule has 1 rings (SSSR count). The van der Waals surface area contributed by atoms with Gasteiger partial charge >= 0.3 is 0 Å². The smallest absolute Gasteiger partial charge is 0.135 e. The summed E-state index contributed by atoms with van der Waals surface area (Å²) in [7, 11) is 0. The van der Waals surface area contributed by atoms with Crippen LogP contribution < -0.4 is 5.32 Å². The number of hydrogen-bond donors (Lipinski definition) is 1. The van der Waals surface area contributed by atoms with E-state index < -0.39 is 0 Å². The van der Waals surface area contributed by atoms with Gasteiger partial charge in [0.2, 0.25) is 0 Å². The topological polar surface area (TPSA) is 24.6 Å². The van der Waals surface area contributed by atoms with Gasteiger partial charge in [-0.3, -0.25) is 5.32 Å². The van der Waals surface area contributed by atoms with Crippen molar-refractivity contribution in [3.05, 3.63) is 0 Å². The minimum atomic E-state index is 0.351. The molecule has 0 amide bonds. The fourth-order valence-electron chi connectivity index (χ4n) is 2.27. The van der Waals surface area contributed by atoms with Crippen LogP contribution >= 0.6 is 0 Å². The van der Waals surface area contributed by atoms with Crippen LogP contribution in [0, 0.1) is 17.8 Å². The molecular formula is C14H29NO. The van der Waals surface area contributed by atoms with Crippen molar-refractivity contribution in [3.63, 3.8) is 0 Å². The number of rotatable bonds is 8. The second kappa shape index (κ2) is 6.61. The molecule has 0 aromatic carbocycles. The summed E-state index contributed by atoms with van der Waals surface area (Å²) in [6, 6.07) is 0. The SMILES string of the molecule is CCC(C)CC1OC1NCC(C)CC(C)C. The van der Waals surface area contributed by atoms with Gasteiger partial charge in [-0.15, -0.1) is 0 Å². The standard InChI is InChI=1S/C14H29NO/c1-6-11(4)8-13-14(16-13)15-9-12(5)7-10(2)3/h10-15H,6-9H2,1-5H3. The van der Waals surface area contributed by atoms with Crippen LogP contribution in [0.15, 0.2) is 0 Å². The fourth-order valence-corrected chi connectivity index (χ4v) is 2.27. The van der Waals surface area contributed by atoms with E-state index in [1.54, 1.807) is 0 Å². The highest BCUT2D eigenvalue weighted by Gasteiger charge is 2.38. The molecule has 4 unspecified atom stereocenters. The van der Waals surface area contributed by atoms with E-state index >= 15 is 0 Å². The molecule has 2 heteroatoms. The zero-order chi connectivity index (χ0) is 12.1. The molecule has 1 N–H and O–H groups in total. The molecule has 2 nitrogen and oxygen atoms in total. The van der Waals surface area contributed by atoms with Crippen LogP contribution in [0.4, 0.5) is 0 Å². The van der Waals surface area contributed by atoms with E-state index in [0.29, 0.717) is 12.3 Å². The monoisotopic (exact) mass is 227 g/mol. The zero-order valence-corrected chi connectivity index (χ0v) is 11.6. The highest BCUT2D eigenvalue weighted by atomic mass is 16.6.